The number of halogens is 1. The molecule has 1 saturated heterocycles. The maximum atomic E-state index is 12.9. The van der Waals surface area contributed by atoms with Gasteiger partial charge in [0.05, 0.1) is 10.6 Å². The molecular formula is C21H22ClNO5S. The Kier molecular flexibility index (Phi) is 6.72. The van der Waals surface area contributed by atoms with E-state index in [1.54, 1.807) is 19.1 Å². The van der Waals surface area contributed by atoms with Crippen molar-refractivity contribution in [1.82, 2.24) is 4.31 Å². The fraction of sp³-hybridized carbons (Fsp3) is 0.333. The molecule has 0 atom stereocenters. The van der Waals surface area contributed by atoms with Gasteiger partial charge >= 0.3 is 5.97 Å². The fourth-order valence-corrected chi connectivity index (χ4v) is 5.17. The number of Topliss-reactive ketones (excluding diaryl/α,β-unsaturated/α-hetero) is 1. The quantitative estimate of drug-likeness (QED) is 0.383. The first-order valence-corrected chi connectivity index (χ1v) is 11.3. The van der Waals surface area contributed by atoms with E-state index in [4.69, 9.17) is 16.3 Å². The Morgan fingerprint density at radius 2 is 1.62 bits per heavy atom. The summed E-state index contributed by atoms with van der Waals surface area (Å²) in [5.74, 6) is -0.447. The molecule has 0 amide bonds. The van der Waals surface area contributed by atoms with Gasteiger partial charge < -0.3 is 4.74 Å². The second kappa shape index (κ2) is 9.07. The van der Waals surface area contributed by atoms with Gasteiger partial charge in [0.2, 0.25) is 10.0 Å². The van der Waals surface area contributed by atoms with Gasteiger partial charge in [-0.25, -0.2) is 13.2 Å². The molecule has 3 rings (SSSR count). The molecule has 0 radical (unpaired) electrons. The lowest BCUT2D eigenvalue weighted by Crippen LogP contribution is -2.35. The minimum atomic E-state index is -3.78. The first-order valence-electron chi connectivity index (χ1n) is 9.48. The van der Waals surface area contributed by atoms with Crippen LogP contribution in [0, 0.1) is 0 Å². The summed E-state index contributed by atoms with van der Waals surface area (Å²) in [4.78, 5) is 24.1. The summed E-state index contributed by atoms with van der Waals surface area (Å²) in [6.07, 6.45) is 2.98. The molecule has 8 heteroatoms. The zero-order valence-electron chi connectivity index (χ0n) is 16.1. The second-order valence-corrected chi connectivity index (χ2v) is 9.11. The summed E-state index contributed by atoms with van der Waals surface area (Å²) < 4.78 is 32.6. The van der Waals surface area contributed by atoms with Crippen molar-refractivity contribution in [3.63, 3.8) is 0 Å². The largest absolute Gasteiger partial charge is 0.423 e. The summed E-state index contributed by atoms with van der Waals surface area (Å²) in [5.41, 5.74) is 0.618. The van der Waals surface area contributed by atoms with E-state index in [2.05, 4.69) is 0 Å². The highest BCUT2D eigenvalue weighted by Gasteiger charge is 2.29. The number of carbonyl (C=O) groups is 2. The van der Waals surface area contributed by atoms with Crippen LogP contribution in [-0.4, -0.2) is 37.6 Å². The van der Waals surface area contributed by atoms with E-state index in [1.807, 2.05) is 0 Å². The van der Waals surface area contributed by atoms with Crippen LogP contribution in [-0.2, 0) is 10.0 Å². The number of rotatable bonds is 6. The van der Waals surface area contributed by atoms with Gasteiger partial charge in [0.15, 0.2) is 5.78 Å². The van der Waals surface area contributed by atoms with E-state index in [1.165, 1.54) is 34.6 Å². The van der Waals surface area contributed by atoms with Crippen molar-refractivity contribution in [1.29, 1.82) is 0 Å². The zero-order chi connectivity index (χ0) is 21.0. The Labute approximate surface area is 175 Å². The van der Waals surface area contributed by atoms with Crippen LogP contribution in [0.3, 0.4) is 0 Å². The van der Waals surface area contributed by atoms with Crippen molar-refractivity contribution in [3.05, 3.63) is 58.6 Å². The van der Waals surface area contributed by atoms with Gasteiger partial charge in [-0.05, 0) is 55.3 Å². The van der Waals surface area contributed by atoms with E-state index < -0.39 is 16.0 Å². The van der Waals surface area contributed by atoms with Crippen LogP contribution >= 0.6 is 11.6 Å². The van der Waals surface area contributed by atoms with Gasteiger partial charge in [0, 0.05) is 25.1 Å². The summed E-state index contributed by atoms with van der Waals surface area (Å²) in [6.45, 7) is 2.65. The lowest BCUT2D eigenvalue weighted by Gasteiger charge is -2.26. The fourth-order valence-electron chi connectivity index (χ4n) is 3.15. The molecule has 0 bridgehead atoms. The standard InChI is InChI=1S/C21H22ClNO5S/c1-2-19(24)15-6-9-17(10-7-15)28-21(25)16-8-11-18(22)20(14-16)29(26,27)23-12-4-3-5-13-23/h6-11,14H,2-5,12-13H2,1H3. The molecule has 0 aromatic heterocycles. The van der Waals surface area contributed by atoms with Crippen LogP contribution in [0.1, 0.15) is 53.3 Å². The van der Waals surface area contributed by atoms with Crippen LogP contribution in [0.25, 0.3) is 0 Å². The summed E-state index contributed by atoms with van der Waals surface area (Å²) in [6, 6.07) is 10.3. The van der Waals surface area contributed by atoms with Crippen molar-refractivity contribution in [3.8, 4) is 5.75 Å². The van der Waals surface area contributed by atoms with E-state index in [0.29, 0.717) is 25.1 Å². The third kappa shape index (κ3) is 4.86. The van der Waals surface area contributed by atoms with Crippen LogP contribution in [0.2, 0.25) is 5.02 Å². The Bertz CT molecular complexity index is 1010. The molecule has 0 aliphatic carbocycles. The number of piperidine rings is 1. The number of nitrogens with zero attached hydrogens (tertiary/aromatic N) is 1. The summed E-state index contributed by atoms with van der Waals surface area (Å²) >= 11 is 6.14. The Morgan fingerprint density at radius 1 is 1.00 bits per heavy atom. The molecule has 0 N–H and O–H groups in total. The molecule has 1 fully saturated rings. The third-order valence-corrected chi connectivity index (χ3v) is 7.19. The molecule has 1 aliphatic heterocycles. The Hall–Kier alpha value is -2.22. The number of hydrogen-bond donors (Lipinski definition) is 0. The number of esters is 1. The number of sulfonamides is 1. The Balaban J connectivity index is 1.81. The van der Waals surface area contributed by atoms with E-state index >= 15 is 0 Å². The van der Waals surface area contributed by atoms with Crippen LogP contribution in [0.4, 0.5) is 0 Å². The molecular weight excluding hydrogens is 414 g/mol. The lowest BCUT2D eigenvalue weighted by molar-refractivity contribution is 0.0734. The smallest absolute Gasteiger partial charge is 0.343 e. The first kappa shape index (κ1) is 21.5. The molecule has 1 aliphatic rings. The van der Waals surface area contributed by atoms with Gasteiger partial charge in [0.1, 0.15) is 10.6 Å². The van der Waals surface area contributed by atoms with Crippen molar-refractivity contribution >= 4 is 33.4 Å². The topological polar surface area (TPSA) is 80.8 Å². The molecule has 0 spiro atoms. The third-order valence-electron chi connectivity index (χ3n) is 4.81. The van der Waals surface area contributed by atoms with E-state index in [9.17, 15) is 18.0 Å². The average Bonchev–Trinajstić information content (AvgIpc) is 2.74. The molecule has 1 heterocycles. The van der Waals surface area contributed by atoms with Gasteiger partial charge in [-0.3, -0.25) is 4.79 Å². The second-order valence-electron chi connectivity index (χ2n) is 6.80. The van der Waals surface area contributed by atoms with Crippen molar-refractivity contribution in [2.45, 2.75) is 37.5 Å². The van der Waals surface area contributed by atoms with Crippen molar-refractivity contribution < 1.29 is 22.7 Å². The molecule has 0 saturated carbocycles. The first-order chi connectivity index (χ1) is 13.8. The predicted octanol–water partition coefficient (Wildman–Crippen LogP) is 4.33. The number of benzene rings is 2. The maximum Gasteiger partial charge on any atom is 0.343 e. The van der Waals surface area contributed by atoms with Crippen molar-refractivity contribution in [2.75, 3.05) is 13.1 Å². The highest BCUT2D eigenvalue weighted by atomic mass is 35.5. The Morgan fingerprint density at radius 3 is 2.24 bits per heavy atom. The average molecular weight is 436 g/mol. The molecule has 0 unspecified atom stereocenters. The van der Waals surface area contributed by atoms with Crippen LogP contribution in [0.5, 0.6) is 5.75 Å². The highest BCUT2D eigenvalue weighted by Crippen LogP contribution is 2.28. The summed E-state index contributed by atoms with van der Waals surface area (Å²) in [7, 11) is -3.78. The number of carbonyl (C=O) groups excluding carboxylic acids is 2. The predicted molar refractivity (Wildman–Crippen MR) is 110 cm³/mol. The van der Waals surface area contributed by atoms with Gasteiger partial charge in [0.25, 0.3) is 0 Å². The molecule has 154 valence electrons. The van der Waals surface area contributed by atoms with Gasteiger partial charge in [-0.2, -0.15) is 4.31 Å². The monoisotopic (exact) mass is 435 g/mol. The normalized spacial score (nSPS) is 15.1. The highest BCUT2D eigenvalue weighted by molar-refractivity contribution is 7.89. The van der Waals surface area contributed by atoms with E-state index in [-0.39, 0.29) is 27.0 Å². The lowest BCUT2D eigenvalue weighted by atomic mass is 10.1. The van der Waals surface area contributed by atoms with Gasteiger partial charge in [-0.1, -0.05) is 24.9 Å². The molecule has 2 aromatic carbocycles. The SMILES string of the molecule is CCC(=O)c1ccc(OC(=O)c2ccc(Cl)c(S(=O)(=O)N3CCCCC3)c2)cc1. The van der Waals surface area contributed by atoms with Crippen molar-refractivity contribution in [2.24, 2.45) is 0 Å². The number of ketones is 1. The number of hydrogen-bond acceptors (Lipinski definition) is 5. The minimum absolute atomic E-state index is 0.00635. The van der Waals surface area contributed by atoms with Crippen LogP contribution < -0.4 is 4.74 Å². The van der Waals surface area contributed by atoms with Gasteiger partial charge in [-0.15, -0.1) is 0 Å². The zero-order valence-corrected chi connectivity index (χ0v) is 17.6. The minimum Gasteiger partial charge on any atom is -0.423 e. The van der Waals surface area contributed by atoms with Crippen LogP contribution in [0.15, 0.2) is 47.4 Å². The van der Waals surface area contributed by atoms with E-state index in [0.717, 1.165) is 19.3 Å². The number of ether oxygens (including phenoxy) is 1. The summed E-state index contributed by atoms with van der Waals surface area (Å²) in [5, 5.41) is 0.0644. The maximum absolute atomic E-state index is 12.9. The molecule has 29 heavy (non-hydrogen) atoms. The molecule has 2 aromatic rings. The molecule has 6 nitrogen and oxygen atoms in total.